The second-order valence-corrected chi connectivity index (χ2v) is 3.34. The highest BCUT2D eigenvalue weighted by atomic mass is 127. The molecule has 0 bridgehead atoms. The third kappa shape index (κ3) is 1.92. The molecule has 0 aliphatic heterocycles. The van der Waals surface area contributed by atoms with Crippen LogP contribution in [0.5, 0.6) is 5.75 Å². The van der Waals surface area contributed by atoms with Gasteiger partial charge in [0.2, 0.25) is 0 Å². The fourth-order valence-electron chi connectivity index (χ4n) is 0.977. The Morgan fingerprint density at radius 2 is 2.29 bits per heavy atom. The summed E-state index contributed by atoms with van der Waals surface area (Å²) in [4.78, 5) is 3.68. The second kappa shape index (κ2) is 4.50. The number of pyridine rings is 1. The van der Waals surface area contributed by atoms with Crippen molar-refractivity contribution in [2.24, 2.45) is 0 Å². The molecule has 0 radical (unpaired) electrons. The first-order chi connectivity index (χ1) is 6.61. The van der Waals surface area contributed by atoms with Crippen LogP contribution in [0.15, 0.2) is 6.20 Å². The largest absolute Gasteiger partial charge is 0.495 e. The number of methoxy groups -OCH3 is 1. The zero-order valence-corrected chi connectivity index (χ0v) is 9.25. The van der Waals surface area contributed by atoms with Crippen molar-refractivity contribution in [1.29, 1.82) is 5.26 Å². The van der Waals surface area contributed by atoms with Gasteiger partial charge in [0.15, 0.2) is 0 Å². The lowest BCUT2D eigenvalue weighted by Gasteiger charge is -2.09. The van der Waals surface area contributed by atoms with Gasteiger partial charge < -0.3 is 4.74 Å². The molecule has 6 heteroatoms. The topological polar surface area (TPSA) is 45.9 Å². The number of nitrogens with zero attached hydrogens (tertiary/aromatic N) is 2. The van der Waals surface area contributed by atoms with Gasteiger partial charge in [-0.05, 0) is 22.6 Å². The summed E-state index contributed by atoms with van der Waals surface area (Å²) < 4.78 is 30.0. The number of rotatable bonds is 2. The maximum absolute atomic E-state index is 12.6. The van der Waals surface area contributed by atoms with Crippen LogP contribution in [-0.2, 0) is 0 Å². The quantitative estimate of drug-likeness (QED) is 0.623. The molecule has 0 spiro atoms. The molecule has 0 fully saturated rings. The monoisotopic (exact) mass is 310 g/mol. The summed E-state index contributed by atoms with van der Waals surface area (Å²) in [5, 5.41) is 8.63. The fraction of sp³-hybridized carbons (Fsp3) is 0.250. The van der Waals surface area contributed by atoms with Crippen molar-refractivity contribution in [3.05, 3.63) is 21.0 Å². The van der Waals surface area contributed by atoms with Gasteiger partial charge in [0, 0.05) is 6.20 Å². The summed E-state index contributed by atoms with van der Waals surface area (Å²) in [6.07, 6.45) is -1.48. The summed E-state index contributed by atoms with van der Waals surface area (Å²) in [5.74, 6) is -0.0955. The second-order valence-electron chi connectivity index (χ2n) is 2.32. The van der Waals surface area contributed by atoms with Gasteiger partial charge in [-0.15, -0.1) is 0 Å². The Morgan fingerprint density at radius 3 is 2.71 bits per heavy atom. The maximum atomic E-state index is 12.6. The van der Waals surface area contributed by atoms with Crippen LogP contribution in [0.4, 0.5) is 8.78 Å². The molecule has 0 N–H and O–H groups in total. The SMILES string of the molecule is COc1c(C#N)cnc(I)c1C(F)F. The molecule has 3 nitrogen and oxygen atoms in total. The lowest BCUT2D eigenvalue weighted by Crippen LogP contribution is -2.01. The molecule has 1 heterocycles. The average molecular weight is 310 g/mol. The Labute approximate surface area is 92.8 Å². The lowest BCUT2D eigenvalue weighted by atomic mass is 10.2. The minimum atomic E-state index is -2.70. The van der Waals surface area contributed by atoms with Crippen molar-refractivity contribution in [1.82, 2.24) is 4.98 Å². The van der Waals surface area contributed by atoms with Crippen molar-refractivity contribution >= 4 is 22.6 Å². The van der Waals surface area contributed by atoms with E-state index in [1.54, 1.807) is 28.7 Å². The van der Waals surface area contributed by atoms with Crippen LogP contribution in [0.25, 0.3) is 0 Å². The van der Waals surface area contributed by atoms with E-state index in [-0.39, 0.29) is 20.6 Å². The molecule has 0 aliphatic carbocycles. The van der Waals surface area contributed by atoms with Crippen molar-refractivity contribution < 1.29 is 13.5 Å². The zero-order chi connectivity index (χ0) is 10.7. The van der Waals surface area contributed by atoms with Crippen molar-refractivity contribution in [2.75, 3.05) is 7.11 Å². The third-order valence-corrected chi connectivity index (χ3v) is 2.42. The molecule has 14 heavy (non-hydrogen) atoms. The standard InChI is InChI=1S/C8H5F2IN2O/c1-14-6-4(2-12)3-13-8(11)5(6)7(9)10/h3,7H,1H3. The molecule has 0 saturated heterocycles. The van der Waals surface area contributed by atoms with E-state index < -0.39 is 6.43 Å². The molecule has 0 atom stereocenters. The molecule has 1 aromatic heterocycles. The molecular formula is C8H5F2IN2O. The van der Waals surface area contributed by atoms with Crippen LogP contribution in [-0.4, -0.2) is 12.1 Å². The Hall–Kier alpha value is -0.970. The first-order valence-electron chi connectivity index (χ1n) is 3.52. The van der Waals surface area contributed by atoms with Crippen molar-refractivity contribution in [2.45, 2.75) is 6.43 Å². The smallest absolute Gasteiger partial charge is 0.270 e. The van der Waals surface area contributed by atoms with E-state index >= 15 is 0 Å². The Kier molecular flexibility index (Phi) is 3.57. The summed E-state index contributed by atoms with van der Waals surface area (Å²) in [6, 6.07) is 1.74. The van der Waals surface area contributed by atoms with Gasteiger partial charge >= 0.3 is 0 Å². The molecule has 74 valence electrons. The molecule has 1 aromatic rings. The van der Waals surface area contributed by atoms with Crippen LogP contribution in [0, 0.1) is 15.0 Å². The average Bonchev–Trinajstić information content (AvgIpc) is 2.16. The van der Waals surface area contributed by atoms with Crippen LogP contribution in [0.2, 0.25) is 0 Å². The number of aromatic nitrogens is 1. The van der Waals surface area contributed by atoms with Gasteiger partial charge in [-0.3, -0.25) is 0 Å². The van der Waals surface area contributed by atoms with Gasteiger partial charge in [0.25, 0.3) is 6.43 Å². The maximum Gasteiger partial charge on any atom is 0.270 e. The van der Waals surface area contributed by atoms with Crippen molar-refractivity contribution in [3.63, 3.8) is 0 Å². The van der Waals surface area contributed by atoms with Crippen LogP contribution < -0.4 is 4.74 Å². The molecule has 1 rings (SSSR count). The predicted molar refractivity (Wildman–Crippen MR) is 53.2 cm³/mol. The molecule has 0 unspecified atom stereocenters. The van der Waals surface area contributed by atoms with E-state index in [2.05, 4.69) is 4.98 Å². The lowest BCUT2D eigenvalue weighted by molar-refractivity contribution is 0.145. The Bertz CT molecular complexity index is 390. The van der Waals surface area contributed by atoms with Gasteiger partial charge in [-0.2, -0.15) is 5.26 Å². The van der Waals surface area contributed by atoms with Gasteiger partial charge in [-0.1, -0.05) is 0 Å². The van der Waals surface area contributed by atoms with E-state index in [1.165, 1.54) is 13.3 Å². The number of alkyl halides is 2. The first-order valence-corrected chi connectivity index (χ1v) is 4.60. The fourth-order valence-corrected chi connectivity index (χ4v) is 1.60. The van der Waals surface area contributed by atoms with E-state index in [1.807, 2.05) is 0 Å². The Morgan fingerprint density at radius 1 is 1.64 bits per heavy atom. The first kappa shape index (κ1) is 11.1. The van der Waals surface area contributed by atoms with E-state index in [4.69, 9.17) is 10.00 Å². The molecular weight excluding hydrogens is 305 g/mol. The van der Waals surface area contributed by atoms with E-state index in [0.29, 0.717) is 0 Å². The molecule has 0 aromatic carbocycles. The van der Waals surface area contributed by atoms with Crippen LogP contribution in [0.3, 0.4) is 0 Å². The highest BCUT2D eigenvalue weighted by Gasteiger charge is 2.21. The van der Waals surface area contributed by atoms with Crippen LogP contribution in [0.1, 0.15) is 17.6 Å². The van der Waals surface area contributed by atoms with E-state index in [9.17, 15) is 8.78 Å². The summed E-state index contributed by atoms with van der Waals surface area (Å²) in [5.41, 5.74) is -0.310. The van der Waals surface area contributed by atoms with Crippen molar-refractivity contribution in [3.8, 4) is 11.8 Å². The molecule has 0 saturated carbocycles. The molecule has 0 aliphatic rings. The normalized spacial score (nSPS) is 10.0. The number of hydrogen-bond donors (Lipinski definition) is 0. The number of nitriles is 1. The summed E-state index contributed by atoms with van der Waals surface area (Å²) >= 11 is 1.68. The summed E-state index contributed by atoms with van der Waals surface area (Å²) in [7, 11) is 1.25. The highest BCUT2D eigenvalue weighted by molar-refractivity contribution is 14.1. The van der Waals surface area contributed by atoms with Gasteiger partial charge in [-0.25, -0.2) is 13.8 Å². The van der Waals surface area contributed by atoms with E-state index in [0.717, 1.165) is 0 Å². The summed E-state index contributed by atoms with van der Waals surface area (Å²) in [6.45, 7) is 0. The third-order valence-electron chi connectivity index (χ3n) is 1.56. The van der Waals surface area contributed by atoms with Crippen LogP contribution >= 0.6 is 22.6 Å². The number of ether oxygens (including phenoxy) is 1. The molecule has 0 amide bonds. The number of halogens is 3. The highest BCUT2D eigenvalue weighted by Crippen LogP contribution is 2.34. The Balaban J connectivity index is 3.45. The predicted octanol–water partition coefficient (Wildman–Crippen LogP) is 2.50. The minimum absolute atomic E-state index is 0.0169. The van der Waals surface area contributed by atoms with Gasteiger partial charge in [0.05, 0.1) is 12.7 Å². The zero-order valence-electron chi connectivity index (χ0n) is 7.09. The minimum Gasteiger partial charge on any atom is -0.495 e. The number of hydrogen-bond acceptors (Lipinski definition) is 3. The van der Waals surface area contributed by atoms with Gasteiger partial charge in [0.1, 0.15) is 21.1 Å².